The minimum Gasteiger partial charge on any atom is -0.480 e. The first-order chi connectivity index (χ1) is 10.9. The fourth-order valence-electron chi connectivity index (χ4n) is 2.44. The summed E-state index contributed by atoms with van der Waals surface area (Å²) in [6.45, 7) is 3.81. The summed E-state index contributed by atoms with van der Waals surface area (Å²) in [5.41, 5.74) is 8.38. The van der Waals surface area contributed by atoms with Crippen molar-refractivity contribution in [3.63, 3.8) is 0 Å². The average Bonchev–Trinajstić information content (AvgIpc) is 2.95. The lowest BCUT2D eigenvalue weighted by molar-refractivity contribution is -0.142. The number of hydrogen-bond acceptors (Lipinski definition) is 3. The van der Waals surface area contributed by atoms with Crippen LogP contribution < -0.4 is 16.4 Å². The molecule has 0 saturated heterocycles. The fraction of sp³-hybridized carbons (Fsp3) is 0.412. The van der Waals surface area contributed by atoms with Crippen LogP contribution in [0.25, 0.3) is 5.57 Å². The summed E-state index contributed by atoms with van der Waals surface area (Å²) >= 11 is 0. The zero-order valence-corrected chi connectivity index (χ0v) is 13.3. The van der Waals surface area contributed by atoms with Gasteiger partial charge in [0.15, 0.2) is 0 Å². The largest absolute Gasteiger partial charge is 0.480 e. The average molecular weight is 316 g/mol. The van der Waals surface area contributed by atoms with Crippen LogP contribution in [0.15, 0.2) is 30.5 Å². The molecule has 6 nitrogen and oxygen atoms in total. The van der Waals surface area contributed by atoms with Gasteiger partial charge in [0.05, 0.1) is 11.7 Å². The maximum absolute atomic E-state index is 12.1. The second kappa shape index (κ2) is 7.28. The molecule has 0 fully saturated rings. The predicted molar refractivity (Wildman–Crippen MR) is 87.8 cm³/mol. The Balaban J connectivity index is 2.06. The number of nitrogens with two attached hydrogens (primary N) is 1. The first-order valence-electron chi connectivity index (χ1n) is 7.72. The lowest BCUT2D eigenvalue weighted by Gasteiger charge is -2.21. The molecule has 3 atom stereocenters. The van der Waals surface area contributed by atoms with E-state index in [2.05, 4.69) is 10.6 Å². The molecule has 6 heteroatoms. The summed E-state index contributed by atoms with van der Waals surface area (Å²) in [4.78, 5) is 23.6. The van der Waals surface area contributed by atoms with E-state index in [0.29, 0.717) is 0 Å². The zero-order chi connectivity index (χ0) is 17.0. The Morgan fingerprint density at radius 1 is 1.35 bits per heavy atom. The minimum absolute atomic E-state index is 0.00846. The second-order valence-corrected chi connectivity index (χ2v) is 5.82. The van der Waals surface area contributed by atoms with Crippen molar-refractivity contribution in [1.82, 2.24) is 10.6 Å². The predicted octanol–water partition coefficient (Wildman–Crippen LogP) is 1.61. The van der Waals surface area contributed by atoms with Crippen molar-refractivity contribution in [2.45, 2.75) is 38.8 Å². The Morgan fingerprint density at radius 3 is 2.70 bits per heavy atom. The van der Waals surface area contributed by atoms with Crippen LogP contribution >= 0.6 is 0 Å². The number of nitrogens with one attached hydrogen (secondary N) is 1. The number of carboxylic acid groups (broad SMARTS) is 1. The first kappa shape index (κ1) is 17.0. The van der Waals surface area contributed by atoms with E-state index in [9.17, 15) is 14.7 Å². The Hall–Kier alpha value is -2.34. The maximum atomic E-state index is 12.1. The van der Waals surface area contributed by atoms with Gasteiger partial charge in [0, 0.05) is 18.2 Å². The van der Waals surface area contributed by atoms with Gasteiger partial charge in [-0.05, 0) is 17.6 Å². The molecule has 4 N–H and O–H groups in total. The van der Waals surface area contributed by atoms with E-state index < -0.39 is 24.0 Å². The highest BCUT2D eigenvalue weighted by atomic mass is 16.4. The Labute approximate surface area is 135 Å². The normalized spacial score (nSPS) is 16.6. The van der Waals surface area contributed by atoms with Crippen molar-refractivity contribution >= 4 is 23.1 Å². The topological polar surface area (TPSA) is 107 Å². The van der Waals surface area contributed by atoms with Crippen LogP contribution in [0.3, 0.4) is 0 Å². The third kappa shape index (κ3) is 3.90. The molecule has 0 unspecified atom stereocenters. The summed E-state index contributed by atoms with van der Waals surface area (Å²) in [6.07, 6.45) is 2.58. The number of amides is 1. The molecule has 2 rings (SSSR count). The fourth-order valence-corrected chi connectivity index (χ4v) is 2.44. The summed E-state index contributed by atoms with van der Waals surface area (Å²) in [5, 5.41) is 16.2. The molecule has 1 radical (unpaired) electrons. The van der Waals surface area contributed by atoms with Crippen LogP contribution in [0.5, 0.6) is 0 Å². The van der Waals surface area contributed by atoms with E-state index in [-0.39, 0.29) is 12.3 Å². The molecule has 0 aliphatic carbocycles. The molecule has 1 aliphatic heterocycles. The number of carbonyl (C=O) groups is 2. The molecule has 1 aromatic carbocycles. The zero-order valence-electron chi connectivity index (χ0n) is 13.3. The number of benzene rings is 1. The van der Waals surface area contributed by atoms with E-state index in [1.807, 2.05) is 38.1 Å². The number of fused-ring (bicyclic) bond motifs is 1. The summed E-state index contributed by atoms with van der Waals surface area (Å²) < 4.78 is 0. The van der Waals surface area contributed by atoms with Crippen LogP contribution in [-0.2, 0) is 9.59 Å². The van der Waals surface area contributed by atoms with E-state index in [0.717, 1.165) is 23.2 Å². The third-order valence-corrected chi connectivity index (χ3v) is 4.21. The number of carboxylic acids is 1. The second-order valence-electron chi connectivity index (χ2n) is 5.82. The van der Waals surface area contributed by atoms with Gasteiger partial charge in [-0.2, -0.15) is 0 Å². The molecule has 0 bridgehead atoms. The van der Waals surface area contributed by atoms with Crippen LogP contribution in [0, 0.1) is 5.92 Å². The minimum atomic E-state index is -1.08. The molecule has 1 heterocycles. The third-order valence-electron chi connectivity index (χ3n) is 4.21. The highest BCUT2D eigenvalue weighted by Gasteiger charge is 2.28. The lowest BCUT2D eigenvalue weighted by Crippen LogP contribution is -2.50. The highest BCUT2D eigenvalue weighted by molar-refractivity contribution is 5.89. The van der Waals surface area contributed by atoms with Gasteiger partial charge in [0.1, 0.15) is 6.04 Å². The van der Waals surface area contributed by atoms with Crippen molar-refractivity contribution in [2.75, 3.05) is 0 Å². The van der Waals surface area contributed by atoms with Crippen molar-refractivity contribution in [2.24, 2.45) is 11.7 Å². The summed E-state index contributed by atoms with van der Waals surface area (Å²) in [5.74, 6) is -1.53. The smallest absolute Gasteiger partial charge is 0.326 e. The Kier molecular flexibility index (Phi) is 5.39. The molecule has 1 amide bonds. The van der Waals surface area contributed by atoms with E-state index in [4.69, 9.17) is 5.73 Å². The van der Waals surface area contributed by atoms with Gasteiger partial charge in [-0.15, -0.1) is 0 Å². The standard InChI is InChI=1S/C17H22N3O3/c1-3-10(2)15(18)16(21)20-14(17(22)23)8-11-9-19-13-7-5-4-6-12(11)13/h4-7,9-10,14-15H,3,8,18H2,1-2H3,(H,20,21)(H,22,23)/t10-,14-,15-/m0/s1. The Morgan fingerprint density at radius 2 is 2.04 bits per heavy atom. The maximum Gasteiger partial charge on any atom is 0.326 e. The van der Waals surface area contributed by atoms with Crippen LogP contribution in [0.4, 0.5) is 5.69 Å². The van der Waals surface area contributed by atoms with E-state index in [1.54, 1.807) is 6.20 Å². The molecule has 0 aromatic heterocycles. The van der Waals surface area contributed by atoms with Gasteiger partial charge in [-0.3, -0.25) is 10.1 Å². The number of nitrogens with zero attached hydrogens (tertiary/aromatic N) is 1. The van der Waals surface area contributed by atoms with Crippen molar-refractivity contribution in [1.29, 1.82) is 0 Å². The first-order valence-corrected chi connectivity index (χ1v) is 7.72. The number of para-hydroxylation sites is 1. The van der Waals surface area contributed by atoms with Gasteiger partial charge in [-0.25, -0.2) is 4.79 Å². The van der Waals surface area contributed by atoms with Gasteiger partial charge >= 0.3 is 5.97 Å². The molecule has 0 spiro atoms. The molecular weight excluding hydrogens is 294 g/mol. The van der Waals surface area contributed by atoms with Gasteiger partial charge in [-0.1, -0.05) is 38.5 Å². The number of hydrogen-bond donors (Lipinski definition) is 3. The highest BCUT2D eigenvalue weighted by Crippen LogP contribution is 2.32. The molecule has 1 aromatic rings. The summed E-state index contributed by atoms with van der Waals surface area (Å²) in [7, 11) is 0. The van der Waals surface area contributed by atoms with E-state index >= 15 is 0 Å². The van der Waals surface area contributed by atoms with Crippen LogP contribution in [0.1, 0.15) is 32.3 Å². The van der Waals surface area contributed by atoms with E-state index in [1.165, 1.54) is 0 Å². The van der Waals surface area contributed by atoms with Crippen LogP contribution in [-0.4, -0.2) is 29.1 Å². The summed E-state index contributed by atoms with van der Waals surface area (Å²) in [6, 6.07) is 5.78. The molecular formula is C17H22N3O3. The molecule has 123 valence electrons. The number of rotatable bonds is 7. The van der Waals surface area contributed by atoms with Crippen LogP contribution in [0.2, 0.25) is 0 Å². The van der Waals surface area contributed by atoms with Gasteiger partial charge in [0.2, 0.25) is 5.91 Å². The monoisotopic (exact) mass is 316 g/mol. The number of aliphatic carboxylic acids is 1. The quantitative estimate of drug-likeness (QED) is 0.710. The number of carbonyl (C=O) groups excluding carboxylic acids is 1. The SMILES string of the molecule is CC[C@H](C)[C@H](N)C(=O)N[C@@H](CC1=C[N]c2ccccc21)C(=O)O. The van der Waals surface area contributed by atoms with Crippen molar-refractivity contribution < 1.29 is 14.7 Å². The molecule has 23 heavy (non-hydrogen) atoms. The Bertz CT molecular complexity index is 627. The van der Waals surface area contributed by atoms with Crippen molar-refractivity contribution in [3.8, 4) is 0 Å². The van der Waals surface area contributed by atoms with Gasteiger partial charge in [0.25, 0.3) is 0 Å². The molecule has 0 saturated carbocycles. The van der Waals surface area contributed by atoms with Gasteiger partial charge < -0.3 is 16.2 Å². The molecule has 1 aliphatic rings. The van der Waals surface area contributed by atoms with Crippen molar-refractivity contribution in [3.05, 3.63) is 36.0 Å². The lowest BCUT2D eigenvalue weighted by atomic mass is 9.97.